The van der Waals surface area contributed by atoms with Gasteiger partial charge in [-0.3, -0.25) is 0 Å². The zero-order valence-electron chi connectivity index (χ0n) is 15.8. The molecule has 0 spiro atoms. The first-order valence-electron chi connectivity index (χ1n) is 8.60. The van der Waals surface area contributed by atoms with Crippen LogP contribution in [0.5, 0.6) is 0 Å². The molecule has 3 rings (SSSR count). The van der Waals surface area contributed by atoms with Crippen molar-refractivity contribution in [3.05, 3.63) is 57.6 Å². The molecule has 1 fully saturated rings. The van der Waals surface area contributed by atoms with Crippen LogP contribution < -0.4 is 9.80 Å². The Kier molecular flexibility index (Phi) is 5.45. The maximum atomic E-state index is 6.55. The number of rotatable bonds is 2. The molecule has 1 heterocycles. The summed E-state index contributed by atoms with van der Waals surface area (Å²) in [4.78, 5) is 4.91. The van der Waals surface area contributed by atoms with Crippen LogP contribution in [0.15, 0.2) is 24.3 Å². The average molecular weight is 539 g/mol. The summed E-state index contributed by atoms with van der Waals surface area (Å²) in [5, 5.41) is 0. The molecule has 0 unspecified atom stereocenters. The van der Waals surface area contributed by atoms with Gasteiger partial charge in [0.05, 0.1) is 0 Å². The molecule has 2 aromatic rings. The van der Waals surface area contributed by atoms with Gasteiger partial charge in [0.1, 0.15) is 0 Å². The van der Waals surface area contributed by atoms with Crippen molar-refractivity contribution in [2.75, 3.05) is 22.9 Å². The molecule has 2 nitrogen and oxygen atoms in total. The van der Waals surface area contributed by atoms with E-state index in [-0.39, 0.29) is 0 Å². The van der Waals surface area contributed by atoms with Gasteiger partial charge in [-0.2, -0.15) is 0 Å². The van der Waals surface area contributed by atoms with Gasteiger partial charge in [0.25, 0.3) is 0 Å². The SMILES string of the molecule is Cc1cc(C)c(N2CCN(c3c(C)cc(C)cc3C)[C]2=[Au][Cl])c(C)c1. The van der Waals surface area contributed by atoms with E-state index in [1.807, 2.05) is 0 Å². The number of hydrogen-bond donors (Lipinski definition) is 0. The van der Waals surface area contributed by atoms with Crippen LogP contribution in [-0.2, 0) is 18.2 Å². The summed E-state index contributed by atoms with van der Waals surface area (Å²) < 4.78 is 1.28. The number of benzene rings is 2. The zero-order chi connectivity index (χ0) is 18.3. The van der Waals surface area contributed by atoms with Crippen LogP contribution in [0.3, 0.4) is 0 Å². The molecular weight excluding hydrogens is 513 g/mol. The van der Waals surface area contributed by atoms with E-state index in [0.717, 1.165) is 13.1 Å². The summed E-state index contributed by atoms with van der Waals surface area (Å²) in [5.41, 5.74) is 10.6. The predicted molar refractivity (Wildman–Crippen MR) is 107 cm³/mol. The summed E-state index contributed by atoms with van der Waals surface area (Å²) in [5.74, 6) is 0. The first-order valence-corrected chi connectivity index (χ1v) is 12.4. The first kappa shape index (κ1) is 18.7. The fourth-order valence-corrected chi connectivity index (χ4v) is 6.58. The van der Waals surface area contributed by atoms with Crippen molar-refractivity contribution in [2.24, 2.45) is 0 Å². The van der Waals surface area contributed by atoms with Crippen LogP contribution in [-0.4, -0.2) is 17.1 Å². The summed E-state index contributed by atoms with van der Waals surface area (Å²) in [6.07, 6.45) is 0. The van der Waals surface area contributed by atoms with E-state index in [2.05, 4.69) is 75.6 Å². The molecule has 0 saturated carbocycles. The fourth-order valence-electron chi connectivity index (χ4n) is 4.16. The number of halogens is 1. The van der Waals surface area contributed by atoms with Crippen LogP contribution in [0.2, 0.25) is 0 Å². The molecule has 1 aliphatic heterocycles. The molecule has 0 amide bonds. The predicted octanol–water partition coefficient (Wildman–Crippen LogP) is 5.19. The number of nitrogens with zero attached hydrogens (tertiary/aromatic N) is 2. The minimum absolute atomic E-state index is 0.430. The van der Waals surface area contributed by atoms with E-state index in [4.69, 9.17) is 9.19 Å². The van der Waals surface area contributed by atoms with E-state index in [0.29, 0.717) is 0 Å². The Hall–Kier alpha value is -1.06. The molecule has 0 atom stereocenters. The second-order valence-corrected chi connectivity index (χ2v) is 9.40. The Bertz CT molecular complexity index is 743. The summed E-state index contributed by atoms with van der Waals surface area (Å²) >= 11 is -0.430. The summed E-state index contributed by atoms with van der Waals surface area (Å²) in [7, 11) is 6.55. The molecule has 0 N–H and O–H groups in total. The van der Waals surface area contributed by atoms with E-state index >= 15 is 0 Å². The van der Waals surface area contributed by atoms with Gasteiger partial charge in [-0.15, -0.1) is 0 Å². The minimum atomic E-state index is -0.430. The van der Waals surface area contributed by atoms with E-state index < -0.39 is 18.2 Å². The fraction of sp³-hybridized carbons (Fsp3) is 0.381. The summed E-state index contributed by atoms with van der Waals surface area (Å²) in [6, 6.07) is 9.10. The number of anilines is 2. The van der Waals surface area contributed by atoms with Crippen molar-refractivity contribution in [2.45, 2.75) is 41.5 Å². The van der Waals surface area contributed by atoms with Gasteiger partial charge < -0.3 is 0 Å². The standard InChI is InChI=1S/C21H26N2.Au.ClH/c1-14-9-16(3)20(17(4)10-14)22-7-8-23(13-22)21-18(5)11-15(2)12-19(21)6;;/h9-12H,7-8H2,1-6H3;;1H/q;+1;/p-1. The van der Waals surface area contributed by atoms with Crippen LogP contribution in [0.1, 0.15) is 33.4 Å². The van der Waals surface area contributed by atoms with E-state index in [1.165, 1.54) is 48.7 Å². The van der Waals surface area contributed by atoms with Gasteiger partial charge >= 0.3 is 165 Å². The molecular formula is C21H26AuClN2. The molecule has 0 aliphatic carbocycles. The van der Waals surface area contributed by atoms with Crippen LogP contribution >= 0.6 is 9.19 Å². The molecule has 0 bridgehead atoms. The molecule has 25 heavy (non-hydrogen) atoms. The second-order valence-electron chi connectivity index (χ2n) is 7.09. The van der Waals surface area contributed by atoms with Gasteiger partial charge in [0.15, 0.2) is 0 Å². The van der Waals surface area contributed by atoms with Crippen molar-refractivity contribution < 1.29 is 18.2 Å². The van der Waals surface area contributed by atoms with Crippen molar-refractivity contribution in [3.63, 3.8) is 0 Å². The van der Waals surface area contributed by atoms with Crippen molar-refractivity contribution in [3.8, 4) is 0 Å². The molecule has 138 valence electrons. The van der Waals surface area contributed by atoms with Crippen molar-refractivity contribution >= 4 is 24.5 Å². The van der Waals surface area contributed by atoms with Gasteiger partial charge in [0, 0.05) is 0 Å². The third-order valence-corrected chi connectivity index (χ3v) is 7.18. The van der Waals surface area contributed by atoms with Gasteiger partial charge in [-0.25, -0.2) is 0 Å². The Morgan fingerprint density at radius 3 is 1.28 bits per heavy atom. The van der Waals surface area contributed by atoms with Gasteiger partial charge in [-0.05, 0) is 0 Å². The van der Waals surface area contributed by atoms with Crippen molar-refractivity contribution in [1.82, 2.24) is 0 Å². The van der Waals surface area contributed by atoms with E-state index in [1.54, 1.807) is 0 Å². The monoisotopic (exact) mass is 538 g/mol. The Balaban J connectivity index is 2.07. The second kappa shape index (κ2) is 7.28. The normalized spacial score (nSPS) is 14.8. The van der Waals surface area contributed by atoms with Gasteiger partial charge in [-0.1, -0.05) is 0 Å². The zero-order valence-corrected chi connectivity index (χ0v) is 18.7. The first-order chi connectivity index (χ1) is 11.8. The Morgan fingerprint density at radius 2 is 1.00 bits per heavy atom. The van der Waals surface area contributed by atoms with Gasteiger partial charge in [0.2, 0.25) is 0 Å². The topological polar surface area (TPSA) is 6.48 Å². The molecule has 4 heteroatoms. The Labute approximate surface area is 164 Å². The van der Waals surface area contributed by atoms with E-state index in [9.17, 15) is 0 Å². The van der Waals surface area contributed by atoms with Crippen molar-refractivity contribution in [1.29, 1.82) is 0 Å². The molecule has 0 aromatic heterocycles. The van der Waals surface area contributed by atoms with Crippen LogP contribution in [0.25, 0.3) is 0 Å². The Morgan fingerprint density at radius 1 is 0.680 bits per heavy atom. The maximum absolute atomic E-state index is 6.55. The third-order valence-electron chi connectivity index (χ3n) is 4.81. The summed E-state index contributed by atoms with van der Waals surface area (Å²) in [6.45, 7) is 15.2. The quantitative estimate of drug-likeness (QED) is 0.486. The van der Waals surface area contributed by atoms with Crippen LogP contribution in [0, 0.1) is 41.5 Å². The molecule has 0 radical (unpaired) electrons. The molecule has 1 aliphatic rings. The molecule has 2 aromatic carbocycles. The number of aryl methyl sites for hydroxylation is 6. The van der Waals surface area contributed by atoms with Crippen LogP contribution in [0.4, 0.5) is 11.4 Å². The average Bonchev–Trinajstić information content (AvgIpc) is 2.88. The number of hydrogen-bond acceptors (Lipinski definition) is 2. The third kappa shape index (κ3) is 3.46. The molecule has 1 saturated heterocycles.